The number of fused-ring (bicyclic) bond motifs is 1. The highest BCUT2D eigenvalue weighted by Gasteiger charge is 2.30. The Hall–Kier alpha value is -2.82. The summed E-state index contributed by atoms with van der Waals surface area (Å²) in [5.41, 5.74) is 4.02. The topological polar surface area (TPSA) is 103 Å². The Morgan fingerprint density at radius 3 is 2.43 bits per heavy atom. The van der Waals surface area contributed by atoms with E-state index in [0.717, 1.165) is 72.3 Å². The van der Waals surface area contributed by atoms with Crippen LogP contribution < -0.4 is 10.6 Å². The van der Waals surface area contributed by atoms with Crippen LogP contribution in [-0.2, 0) is 10.0 Å². The van der Waals surface area contributed by atoms with Crippen LogP contribution in [0.3, 0.4) is 0 Å². The largest absolute Gasteiger partial charge is 0.387 e. The Bertz CT molecular complexity index is 1280. The average Bonchev–Trinajstić information content (AvgIpc) is 2.89. The summed E-state index contributed by atoms with van der Waals surface area (Å²) in [7, 11) is -1.20. The van der Waals surface area contributed by atoms with Crippen molar-refractivity contribution in [3.05, 3.63) is 43.0 Å². The number of anilines is 2. The maximum Gasteiger partial charge on any atom is 0.211 e. The van der Waals surface area contributed by atoms with E-state index in [1.807, 2.05) is 25.5 Å². The molecule has 10 heteroatoms. The van der Waals surface area contributed by atoms with Gasteiger partial charge in [0.2, 0.25) is 10.0 Å². The van der Waals surface area contributed by atoms with Gasteiger partial charge in [-0.1, -0.05) is 6.07 Å². The molecule has 186 valence electrons. The maximum absolute atomic E-state index is 11.8. The number of hydrogen-bond donors (Lipinski definition) is 2. The van der Waals surface area contributed by atoms with Gasteiger partial charge in [0.1, 0.15) is 12.1 Å². The number of benzene rings is 1. The van der Waals surface area contributed by atoms with Gasteiger partial charge < -0.3 is 10.6 Å². The second-order valence-electron chi connectivity index (χ2n) is 9.51. The average molecular weight is 496 g/mol. The second kappa shape index (κ2) is 10.0. The van der Waals surface area contributed by atoms with Crippen LogP contribution in [0.5, 0.6) is 0 Å². The van der Waals surface area contributed by atoms with Crippen molar-refractivity contribution in [2.45, 2.75) is 37.8 Å². The highest BCUT2D eigenvalue weighted by atomic mass is 32.2. The van der Waals surface area contributed by atoms with Gasteiger partial charge in [0, 0.05) is 68.7 Å². The van der Waals surface area contributed by atoms with Crippen LogP contribution in [0.15, 0.2) is 43.0 Å². The van der Waals surface area contributed by atoms with Gasteiger partial charge in [0.25, 0.3) is 0 Å². The number of sulfonamides is 1. The Balaban J connectivity index is 1.25. The quantitative estimate of drug-likeness (QED) is 0.538. The predicted molar refractivity (Wildman–Crippen MR) is 140 cm³/mol. The monoisotopic (exact) mass is 495 g/mol. The van der Waals surface area contributed by atoms with Gasteiger partial charge in [-0.2, -0.15) is 4.31 Å². The summed E-state index contributed by atoms with van der Waals surface area (Å²) in [5, 5.41) is 7.85. The molecule has 0 atom stereocenters. The molecule has 1 aromatic carbocycles. The van der Waals surface area contributed by atoms with E-state index in [1.54, 1.807) is 10.6 Å². The molecule has 2 N–H and O–H groups in total. The summed E-state index contributed by atoms with van der Waals surface area (Å²) >= 11 is 0. The van der Waals surface area contributed by atoms with E-state index in [1.165, 1.54) is 6.26 Å². The van der Waals surface area contributed by atoms with E-state index in [0.29, 0.717) is 25.2 Å². The first-order valence-corrected chi connectivity index (χ1v) is 14.1. The van der Waals surface area contributed by atoms with Gasteiger partial charge in [0.15, 0.2) is 0 Å². The number of nitrogens with one attached hydrogen (secondary N) is 2. The molecule has 1 aliphatic carbocycles. The van der Waals surface area contributed by atoms with Crippen LogP contribution in [-0.4, -0.2) is 84.1 Å². The molecule has 0 bridgehead atoms. The SMILES string of the molecule is CNc1cncc(-c2ccc3ncnc(N[C@H]4CC[C@H](N5CCN(S(C)(=O)=O)CC5)CC4)c3c2)c1. The molecule has 1 saturated heterocycles. The minimum atomic E-state index is -3.09. The molecule has 5 rings (SSSR count). The Kier molecular flexibility index (Phi) is 6.86. The zero-order valence-electron chi connectivity index (χ0n) is 20.3. The first kappa shape index (κ1) is 23.9. The van der Waals surface area contributed by atoms with Crippen LogP contribution >= 0.6 is 0 Å². The molecule has 1 aliphatic heterocycles. The van der Waals surface area contributed by atoms with E-state index in [-0.39, 0.29) is 0 Å². The van der Waals surface area contributed by atoms with Crippen molar-refractivity contribution >= 4 is 32.4 Å². The Morgan fingerprint density at radius 2 is 1.71 bits per heavy atom. The molecule has 0 unspecified atom stereocenters. The van der Waals surface area contributed by atoms with Crippen molar-refractivity contribution in [1.29, 1.82) is 0 Å². The zero-order valence-corrected chi connectivity index (χ0v) is 21.1. The van der Waals surface area contributed by atoms with Crippen LogP contribution in [0.25, 0.3) is 22.0 Å². The molecule has 0 spiro atoms. The van der Waals surface area contributed by atoms with E-state index in [2.05, 4.69) is 48.7 Å². The van der Waals surface area contributed by atoms with Crippen LogP contribution in [0, 0.1) is 0 Å². The number of pyridine rings is 1. The first-order valence-electron chi connectivity index (χ1n) is 12.2. The van der Waals surface area contributed by atoms with Crippen molar-refractivity contribution < 1.29 is 8.42 Å². The summed E-state index contributed by atoms with van der Waals surface area (Å²) in [6, 6.07) is 9.22. The second-order valence-corrected chi connectivity index (χ2v) is 11.5. The maximum atomic E-state index is 11.8. The van der Waals surface area contributed by atoms with Crippen molar-refractivity contribution in [3.8, 4) is 11.1 Å². The first-order chi connectivity index (χ1) is 16.9. The lowest BCUT2D eigenvalue weighted by molar-refractivity contribution is 0.109. The fourth-order valence-electron chi connectivity index (χ4n) is 5.26. The van der Waals surface area contributed by atoms with E-state index in [4.69, 9.17) is 0 Å². The lowest BCUT2D eigenvalue weighted by Crippen LogP contribution is -2.52. The summed E-state index contributed by atoms with van der Waals surface area (Å²) in [4.78, 5) is 15.9. The molecule has 9 nitrogen and oxygen atoms in total. The number of aromatic nitrogens is 3. The van der Waals surface area contributed by atoms with Crippen LogP contribution in [0.4, 0.5) is 11.5 Å². The fourth-order valence-corrected chi connectivity index (χ4v) is 6.09. The van der Waals surface area contributed by atoms with Crippen molar-refractivity contribution in [2.75, 3.05) is 50.1 Å². The van der Waals surface area contributed by atoms with Gasteiger partial charge in [-0.3, -0.25) is 9.88 Å². The van der Waals surface area contributed by atoms with Crippen molar-refractivity contribution in [3.63, 3.8) is 0 Å². The van der Waals surface area contributed by atoms with Gasteiger partial charge in [-0.15, -0.1) is 0 Å². The molecule has 2 fully saturated rings. The molecule has 3 heterocycles. The van der Waals surface area contributed by atoms with E-state index < -0.39 is 10.0 Å². The molecule has 0 amide bonds. The third-order valence-corrected chi connectivity index (χ3v) is 8.59. The molecular formula is C25H33N7O2S. The molecule has 35 heavy (non-hydrogen) atoms. The summed E-state index contributed by atoms with van der Waals surface area (Å²) in [6.07, 6.45) is 10.9. The lowest BCUT2D eigenvalue weighted by Gasteiger charge is -2.41. The van der Waals surface area contributed by atoms with E-state index >= 15 is 0 Å². The van der Waals surface area contributed by atoms with Crippen LogP contribution in [0.2, 0.25) is 0 Å². The summed E-state index contributed by atoms with van der Waals surface area (Å²) in [6.45, 7) is 2.83. The van der Waals surface area contributed by atoms with Gasteiger partial charge >= 0.3 is 0 Å². The highest BCUT2D eigenvalue weighted by Crippen LogP contribution is 2.31. The minimum Gasteiger partial charge on any atom is -0.387 e. The molecule has 1 saturated carbocycles. The number of piperazine rings is 1. The summed E-state index contributed by atoms with van der Waals surface area (Å²) in [5.74, 6) is 0.875. The highest BCUT2D eigenvalue weighted by molar-refractivity contribution is 7.88. The Morgan fingerprint density at radius 1 is 0.943 bits per heavy atom. The number of hydrogen-bond acceptors (Lipinski definition) is 8. The normalized spacial score (nSPS) is 22.2. The number of rotatable bonds is 6. The number of nitrogens with zero attached hydrogens (tertiary/aromatic N) is 5. The lowest BCUT2D eigenvalue weighted by atomic mass is 9.89. The third kappa shape index (κ3) is 5.39. The standard InChI is InChI=1S/C25H33N7O2S/c1-26-21-13-19(15-27-16-21)18-3-8-24-23(14-18)25(29-17-28-24)30-20-4-6-22(7-5-20)31-9-11-32(12-10-31)35(2,33)34/h3,8,13-17,20,22,26H,4-7,9-12H2,1-2H3,(H,28,29,30)/t20-,22-. The molecule has 3 aromatic rings. The Labute approximate surface area is 207 Å². The van der Waals surface area contributed by atoms with Gasteiger partial charge in [0.05, 0.1) is 17.5 Å². The fraction of sp³-hybridized carbons (Fsp3) is 0.480. The van der Waals surface area contributed by atoms with Crippen LogP contribution in [0.1, 0.15) is 25.7 Å². The molecule has 0 radical (unpaired) electrons. The van der Waals surface area contributed by atoms with Gasteiger partial charge in [-0.05, 0) is 49.4 Å². The smallest absolute Gasteiger partial charge is 0.211 e. The predicted octanol–water partition coefficient (Wildman–Crippen LogP) is 3.03. The van der Waals surface area contributed by atoms with Crippen molar-refractivity contribution in [2.24, 2.45) is 0 Å². The third-order valence-electron chi connectivity index (χ3n) is 7.29. The molecule has 2 aliphatic rings. The zero-order chi connectivity index (χ0) is 24.4. The molecular weight excluding hydrogens is 462 g/mol. The van der Waals surface area contributed by atoms with Gasteiger partial charge in [-0.25, -0.2) is 18.4 Å². The molecule has 2 aromatic heterocycles. The van der Waals surface area contributed by atoms with Crippen molar-refractivity contribution in [1.82, 2.24) is 24.2 Å². The minimum absolute atomic E-state index is 0.361. The van der Waals surface area contributed by atoms with E-state index in [9.17, 15) is 8.42 Å². The summed E-state index contributed by atoms with van der Waals surface area (Å²) < 4.78 is 25.2.